The quantitative estimate of drug-likeness (QED) is 0.568. The van der Waals surface area contributed by atoms with E-state index in [0.717, 1.165) is 23.1 Å². The van der Waals surface area contributed by atoms with Gasteiger partial charge in [0.25, 0.3) is 5.91 Å². The van der Waals surface area contributed by atoms with Crippen molar-refractivity contribution in [3.05, 3.63) is 65.2 Å². The maximum atomic E-state index is 13.3. The summed E-state index contributed by atoms with van der Waals surface area (Å²) in [5.74, 6) is 0.379. The van der Waals surface area contributed by atoms with E-state index in [-0.39, 0.29) is 23.8 Å². The number of carbonyl (C=O) groups excluding carboxylic acids is 2. The molecular formula is C27H38N2O3. The van der Waals surface area contributed by atoms with Gasteiger partial charge in [0.1, 0.15) is 11.8 Å². The summed E-state index contributed by atoms with van der Waals surface area (Å²) >= 11 is 0. The first-order chi connectivity index (χ1) is 15.2. The van der Waals surface area contributed by atoms with Gasteiger partial charge in [0, 0.05) is 13.1 Å². The second-order valence-electron chi connectivity index (χ2n) is 9.26. The molecule has 2 aromatic carbocycles. The highest BCUT2D eigenvalue weighted by molar-refractivity contribution is 5.88. The number of carbonyl (C=O) groups is 2. The average molecular weight is 439 g/mol. The van der Waals surface area contributed by atoms with Crippen LogP contribution in [0, 0.1) is 6.92 Å². The van der Waals surface area contributed by atoms with Crippen molar-refractivity contribution in [2.75, 3.05) is 13.2 Å². The number of para-hydroxylation sites is 1. The van der Waals surface area contributed by atoms with Crippen molar-refractivity contribution in [1.29, 1.82) is 0 Å². The third-order valence-corrected chi connectivity index (χ3v) is 5.45. The molecule has 0 bridgehead atoms. The SMILES string of the molecule is CCCNC(=O)[C@H](CC)N(Cc1ccc(C)cc1)C(=O)COc1ccccc1C(C)(C)C. The molecule has 5 heteroatoms. The fourth-order valence-electron chi connectivity index (χ4n) is 3.61. The van der Waals surface area contributed by atoms with E-state index in [9.17, 15) is 9.59 Å². The van der Waals surface area contributed by atoms with Crippen LogP contribution in [0.15, 0.2) is 48.5 Å². The van der Waals surface area contributed by atoms with Gasteiger partial charge in [0.2, 0.25) is 5.91 Å². The van der Waals surface area contributed by atoms with Gasteiger partial charge in [0.05, 0.1) is 0 Å². The van der Waals surface area contributed by atoms with Gasteiger partial charge in [-0.05, 0) is 42.4 Å². The van der Waals surface area contributed by atoms with E-state index < -0.39 is 6.04 Å². The van der Waals surface area contributed by atoms with Gasteiger partial charge in [-0.25, -0.2) is 0 Å². The van der Waals surface area contributed by atoms with Crippen molar-refractivity contribution in [3.8, 4) is 5.75 Å². The maximum Gasteiger partial charge on any atom is 0.261 e. The number of aryl methyl sites for hydroxylation is 1. The lowest BCUT2D eigenvalue weighted by atomic mass is 9.86. The summed E-state index contributed by atoms with van der Waals surface area (Å²) in [5, 5.41) is 2.94. The normalized spacial score (nSPS) is 12.2. The van der Waals surface area contributed by atoms with E-state index >= 15 is 0 Å². The summed E-state index contributed by atoms with van der Waals surface area (Å²) in [7, 11) is 0. The Bertz CT molecular complexity index is 885. The molecule has 174 valence electrons. The number of ether oxygens (including phenoxy) is 1. The van der Waals surface area contributed by atoms with E-state index in [2.05, 4.69) is 26.1 Å². The van der Waals surface area contributed by atoms with Crippen LogP contribution in [-0.2, 0) is 21.5 Å². The van der Waals surface area contributed by atoms with Crippen molar-refractivity contribution in [2.45, 2.75) is 72.4 Å². The molecule has 2 rings (SSSR count). The first-order valence-corrected chi connectivity index (χ1v) is 11.5. The largest absolute Gasteiger partial charge is 0.483 e. The molecule has 0 radical (unpaired) electrons. The zero-order valence-corrected chi connectivity index (χ0v) is 20.4. The second-order valence-corrected chi connectivity index (χ2v) is 9.26. The van der Waals surface area contributed by atoms with E-state index in [1.54, 1.807) is 4.90 Å². The Labute approximate surface area is 193 Å². The zero-order valence-electron chi connectivity index (χ0n) is 20.4. The van der Waals surface area contributed by atoms with Crippen molar-refractivity contribution in [2.24, 2.45) is 0 Å². The number of hydrogen-bond acceptors (Lipinski definition) is 3. The molecular weight excluding hydrogens is 400 g/mol. The summed E-state index contributed by atoms with van der Waals surface area (Å²) in [6.07, 6.45) is 1.38. The topological polar surface area (TPSA) is 58.6 Å². The molecule has 0 aliphatic carbocycles. The number of nitrogens with one attached hydrogen (secondary N) is 1. The summed E-state index contributed by atoms with van der Waals surface area (Å²) in [6.45, 7) is 13.2. The number of amides is 2. The molecule has 0 aromatic heterocycles. The van der Waals surface area contributed by atoms with E-state index in [4.69, 9.17) is 4.74 Å². The molecule has 0 saturated carbocycles. The monoisotopic (exact) mass is 438 g/mol. The van der Waals surface area contributed by atoms with Crippen LogP contribution in [0.4, 0.5) is 0 Å². The Balaban J connectivity index is 2.25. The molecule has 0 heterocycles. The molecule has 1 N–H and O–H groups in total. The van der Waals surface area contributed by atoms with Gasteiger partial charge >= 0.3 is 0 Å². The van der Waals surface area contributed by atoms with Crippen molar-refractivity contribution < 1.29 is 14.3 Å². The maximum absolute atomic E-state index is 13.3. The number of benzene rings is 2. The van der Waals surface area contributed by atoms with Gasteiger partial charge in [-0.1, -0.05) is 82.6 Å². The summed E-state index contributed by atoms with van der Waals surface area (Å²) < 4.78 is 6.00. The van der Waals surface area contributed by atoms with Crippen LogP contribution in [0.2, 0.25) is 0 Å². The number of nitrogens with zero attached hydrogens (tertiary/aromatic N) is 1. The highest BCUT2D eigenvalue weighted by Gasteiger charge is 2.29. The third-order valence-electron chi connectivity index (χ3n) is 5.45. The Kier molecular flexibility index (Phi) is 9.30. The Morgan fingerprint density at radius 2 is 1.69 bits per heavy atom. The average Bonchev–Trinajstić information content (AvgIpc) is 2.76. The fourth-order valence-corrected chi connectivity index (χ4v) is 3.61. The third kappa shape index (κ3) is 7.11. The Morgan fingerprint density at radius 3 is 2.28 bits per heavy atom. The molecule has 0 aliphatic rings. The molecule has 32 heavy (non-hydrogen) atoms. The smallest absolute Gasteiger partial charge is 0.261 e. The highest BCUT2D eigenvalue weighted by atomic mass is 16.5. The molecule has 2 aromatic rings. The van der Waals surface area contributed by atoms with Crippen LogP contribution in [0.3, 0.4) is 0 Å². The molecule has 0 saturated heterocycles. The van der Waals surface area contributed by atoms with E-state index in [1.807, 2.05) is 69.3 Å². The summed E-state index contributed by atoms with van der Waals surface area (Å²) in [5.41, 5.74) is 3.08. The number of rotatable bonds is 10. The summed E-state index contributed by atoms with van der Waals surface area (Å²) in [4.78, 5) is 27.8. The second kappa shape index (κ2) is 11.7. The highest BCUT2D eigenvalue weighted by Crippen LogP contribution is 2.31. The van der Waals surface area contributed by atoms with Crippen LogP contribution in [0.1, 0.15) is 64.2 Å². The van der Waals surface area contributed by atoms with Gasteiger partial charge in [0.15, 0.2) is 6.61 Å². The molecule has 1 atom stereocenters. The minimum atomic E-state index is -0.545. The van der Waals surface area contributed by atoms with Crippen LogP contribution in [0.25, 0.3) is 0 Å². The molecule has 0 spiro atoms. The van der Waals surface area contributed by atoms with Gasteiger partial charge < -0.3 is 15.0 Å². The van der Waals surface area contributed by atoms with Crippen molar-refractivity contribution in [3.63, 3.8) is 0 Å². The molecule has 5 nitrogen and oxygen atoms in total. The Morgan fingerprint density at radius 1 is 1.03 bits per heavy atom. The van der Waals surface area contributed by atoms with Crippen LogP contribution in [0.5, 0.6) is 5.75 Å². The predicted octanol–water partition coefficient (Wildman–Crippen LogP) is 5.00. The summed E-state index contributed by atoms with van der Waals surface area (Å²) in [6, 6.07) is 15.3. The lowest BCUT2D eigenvalue weighted by molar-refractivity contribution is -0.143. The molecule has 0 unspecified atom stereocenters. The molecule has 0 aliphatic heterocycles. The van der Waals surface area contributed by atoms with Gasteiger partial charge in [-0.15, -0.1) is 0 Å². The standard InChI is InChI=1S/C27H38N2O3/c1-7-17-28-26(31)23(8-2)29(18-21-15-13-20(3)14-16-21)25(30)19-32-24-12-10-9-11-22(24)27(4,5)6/h9-16,23H,7-8,17-19H2,1-6H3,(H,28,31)/t23-/m0/s1. The first-order valence-electron chi connectivity index (χ1n) is 11.5. The lowest BCUT2D eigenvalue weighted by Gasteiger charge is -2.31. The first kappa shape index (κ1) is 25.4. The van der Waals surface area contributed by atoms with Crippen molar-refractivity contribution in [1.82, 2.24) is 10.2 Å². The Hall–Kier alpha value is -2.82. The minimum Gasteiger partial charge on any atom is -0.483 e. The van der Waals surface area contributed by atoms with Crippen LogP contribution >= 0.6 is 0 Å². The van der Waals surface area contributed by atoms with Gasteiger partial charge in [-0.2, -0.15) is 0 Å². The lowest BCUT2D eigenvalue weighted by Crippen LogP contribution is -2.50. The predicted molar refractivity (Wildman–Crippen MR) is 130 cm³/mol. The number of hydrogen-bond donors (Lipinski definition) is 1. The van der Waals surface area contributed by atoms with Crippen LogP contribution in [-0.4, -0.2) is 35.9 Å². The molecule has 0 fully saturated rings. The van der Waals surface area contributed by atoms with Gasteiger partial charge in [-0.3, -0.25) is 9.59 Å². The van der Waals surface area contributed by atoms with Crippen molar-refractivity contribution >= 4 is 11.8 Å². The minimum absolute atomic E-state index is 0.104. The van der Waals surface area contributed by atoms with Crippen LogP contribution < -0.4 is 10.1 Å². The van der Waals surface area contributed by atoms with E-state index in [0.29, 0.717) is 25.3 Å². The molecule has 2 amide bonds. The van der Waals surface area contributed by atoms with E-state index in [1.165, 1.54) is 0 Å². The zero-order chi connectivity index (χ0) is 23.7. The fraction of sp³-hybridized carbons (Fsp3) is 0.481.